The molecule has 0 N–H and O–H groups in total. The summed E-state index contributed by atoms with van der Waals surface area (Å²) in [5.74, 6) is 0.705. The number of carbonyl (C=O) groups excluding carboxylic acids is 2. The van der Waals surface area contributed by atoms with Crippen LogP contribution in [0.25, 0.3) is 0 Å². The van der Waals surface area contributed by atoms with Crippen LogP contribution in [0.3, 0.4) is 0 Å². The largest absolute Gasteiger partial charge is 0.340 e. The summed E-state index contributed by atoms with van der Waals surface area (Å²) in [6.45, 7) is 5.88. The Hall–Kier alpha value is -2.15. The zero-order chi connectivity index (χ0) is 21.4. The third kappa shape index (κ3) is 4.29. The number of likely N-dealkylation sites (tertiary alicyclic amines) is 3. The Bertz CT molecular complexity index is 905. The number of fused-ring (bicyclic) bond motifs is 4. The second kappa shape index (κ2) is 8.77. The lowest BCUT2D eigenvalue weighted by molar-refractivity contribution is -0.141. The summed E-state index contributed by atoms with van der Waals surface area (Å²) in [4.78, 5) is 44.6. The highest BCUT2D eigenvalue weighted by Gasteiger charge is 2.37. The molecule has 7 nitrogen and oxygen atoms in total. The highest BCUT2D eigenvalue weighted by atomic mass is 16.2. The van der Waals surface area contributed by atoms with Gasteiger partial charge in [-0.15, -0.1) is 0 Å². The van der Waals surface area contributed by atoms with Gasteiger partial charge in [0.2, 0.25) is 11.8 Å². The summed E-state index contributed by atoms with van der Waals surface area (Å²) in [6.07, 6.45) is 7.04. The molecule has 7 heteroatoms. The van der Waals surface area contributed by atoms with Crippen molar-refractivity contribution in [2.45, 2.75) is 64.0 Å². The molecule has 168 valence electrons. The minimum Gasteiger partial charge on any atom is -0.340 e. The molecule has 5 rings (SSSR count). The zero-order valence-corrected chi connectivity index (χ0v) is 18.4. The van der Waals surface area contributed by atoms with Gasteiger partial charge >= 0.3 is 0 Å². The van der Waals surface area contributed by atoms with E-state index in [-0.39, 0.29) is 29.8 Å². The molecular formula is C24H34N4O3. The Morgan fingerprint density at radius 1 is 0.935 bits per heavy atom. The van der Waals surface area contributed by atoms with E-state index in [2.05, 4.69) is 11.0 Å². The quantitative estimate of drug-likeness (QED) is 0.736. The second-order valence-corrected chi connectivity index (χ2v) is 9.91. The molecular weight excluding hydrogens is 392 g/mol. The van der Waals surface area contributed by atoms with Gasteiger partial charge in [0, 0.05) is 56.3 Å². The third-order valence-electron chi connectivity index (χ3n) is 7.63. The van der Waals surface area contributed by atoms with Crippen LogP contribution in [-0.2, 0) is 22.7 Å². The smallest absolute Gasteiger partial charge is 0.255 e. The van der Waals surface area contributed by atoms with E-state index in [1.807, 2.05) is 15.5 Å². The number of hydrogen-bond acceptors (Lipinski definition) is 4. The zero-order valence-electron chi connectivity index (χ0n) is 18.4. The average molecular weight is 427 g/mol. The van der Waals surface area contributed by atoms with Crippen LogP contribution in [0.2, 0.25) is 0 Å². The Labute approximate surface area is 184 Å². The first-order valence-corrected chi connectivity index (χ1v) is 12.1. The highest BCUT2D eigenvalue weighted by Crippen LogP contribution is 2.35. The Morgan fingerprint density at radius 2 is 1.74 bits per heavy atom. The molecule has 0 unspecified atom stereocenters. The molecule has 0 radical (unpaired) electrons. The molecule has 2 bridgehead atoms. The predicted molar refractivity (Wildman–Crippen MR) is 118 cm³/mol. The molecule has 0 aliphatic carbocycles. The lowest BCUT2D eigenvalue weighted by atomic mass is 9.83. The second-order valence-electron chi connectivity index (χ2n) is 9.91. The summed E-state index contributed by atoms with van der Waals surface area (Å²) >= 11 is 0. The van der Waals surface area contributed by atoms with Crippen LogP contribution in [0.4, 0.5) is 0 Å². The first kappa shape index (κ1) is 20.7. The normalized spacial score (nSPS) is 26.6. The molecule has 0 spiro atoms. The van der Waals surface area contributed by atoms with E-state index in [4.69, 9.17) is 0 Å². The van der Waals surface area contributed by atoms with Crippen LogP contribution < -0.4 is 5.56 Å². The van der Waals surface area contributed by atoms with Crippen molar-refractivity contribution in [3.8, 4) is 0 Å². The van der Waals surface area contributed by atoms with Gasteiger partial charge in [-0.2, -0.15) is 0 Å². The molecule has 1 aromatic heterocycles. The molecule has 3 fully saturated rings. The van der Waals surface area contributed by atoms with Gasteiger partial charge in [-0.05, 0) is 57.2 Å². The molecule has 4 aliphatic rings. The van der Waals surface area contributed by atoms with Gasteiger partial charge in [0.15, 0.2) is 0 Å². The minimum atomic E-state index is 0.0615. The Balaban J connectivity index is 1.29. The van der Waals surface area contributed by atoms with Crippen molar-refractivity contribution in [1.29, 1.82) is 0 Å². The SMILES string of the molecule is O=C1CCCCCN1CC(=O)N1C[C@@H]2C[C@H](C1)c1ccc(CN3CCCC3)c(=O)n1C2. The van der Waals surface area contributed by atoms with E-state index >= 15 is 0 Å². The fraction of sp³-hybridized carbons (Fsp3) is 0.708. The Kier molecular flexibility index (Phi) is 5.87. The van der Waals surface area contributed by atoms with Crippen LogP contribution >= 0.6 is 0 Å². The maximum absolute atomic E-state index is 13.2. The Morgan fingerprint density at radius 3 is 2.58 bits per heavy atom. The number of aromatic nitrogens is 1. The van der Waals surface area contributed by atoms with Crippen molar-refractivity contribution >= 4 is 11.8 Å². The topological polar surface area (TPSA) is 65.9 Å². The minimum absolute atomic E-state index is 0.0615. The molecule has 31 heavy (non-hydrogen) atoms. The number of pyridine rings is 1. The molecule has 2 atom stereocenters. The van der Waals surface area contributed by atoms with Crippen molar-refractivity contribution in [2.75, 3.05) is 39.3 Å². The predicted octanol–water partition coefficient (Wildman–Crippen LogP) is 1.79. The van der Waals surface area contributed by atoms with Crippen molar-refractivity contribution < 1.29 is 9.59 Å². The van der Waals surface area contributed by atoms with E-state index in [9.17, 15) is 14.4 Å². The maximum Gasteiger partial charge on any atom is 0.255 e. The molecule has 0 saturated carbocycles. The molecule has 3 saturated heterocycles. The number of amides is 2. The summed E-state index contributed by atoms with van der Waals surface area (Å²) in [5.41, 5.74) is 2.14. The molecule has 2 amide bonds. The fourth-order valence-corrected chi connectivity index (χ4v) is 5.97. The third-order valence-corrected chi connectivity index (χ3v) is 7.63. The van der Waals surface area contributed by atoms with Crippen LogP contribution in [0.1, 0.15) is 62.1 Å². The van der Waals surface area contributed by atoms with E-state index in [0.717, 1.165) is 56.6 Å². The lowest BCUT2D eigenvalue weighted by Crippen LogP contribution is -2.52. The van der Waals surface area contributed by atoms with Crippen molar-refractivity contribution in [3.05, 3.63) is 33.7 Å². The van der Waals surface area contributed by atoms with E-state index in [0.29, 0.717) is 38.5 Å². The van der Waals surface area contributed by atoms with E-state index in [1.54, 1.807) is 4.90 Å². The van der Waals surface area contributed by atoms with Crippen LogP contribution in [0.5, 0.6) is 0 Å². The van der Waals surface area contributed by atoms with E-state index < -0.39 is 0 Å². The van der Waals surface area contributed by atoms with Gasteiger partial charge < -0.3 is 14.4 Å². The maximum atomic E-state index is 13.2. The van der Waals surface area contributed by atoms with Crippen molar-refractivity contribution in [1.82, 2.24) is 19.3 Å². The standard InChI is InChI=1S/C24H34N4O3/c29-22-6-2-1-3-11-26(22)17-23(30)27-13-18-12-20(16-27)21-8-7-19(24(31)28(21)14-18)15-25-9-4-5-10-25/h7-8,18,20H,1-6,9-17H2/t18-,20+/m0/s1. The monoisotopic (exact) mass is 426 g/mol. The first-order chi connectivity index (χ1) is 15.1. The average Bonchev–Trinajstić information content (AvgIpc) is 3.19. The molecule has 0 aromatic carbocycles. The highest BCUT2D eigenvalue weighted by molar-refractivity contribution is 5.85. The van der Waals surface area contributed by atoms with Crippen LogP contribution in [0.15, 0.2) is 16.9 Å². The summed E-state index contributed by atoms with van der Waals surface area (Å²) in [6, 6.07) is 4.14. The van der Waals surface area contributed by atoms with Gasteiger partial charge in [0.25, 0.3) is 5.56 Å². The van der Waals surface area contributed by atoms with Crippen molar-refractivity contribution in [3.63, 3.8) is 0 Å². The van der Waals surface area contributed by atoms with Crippen LogP contribution in [0, 0.1) is 5.92 Å². The van der Waals surface area contributed by atoms with Gasteiger partial charge in [0.05, 0.1) is 6.54 Å². The van der Waals surface area contributed by atoms with Gasteiger partial charge in [-0.25, -0.2) is 0 Å². The number of hydrogen-bond donors (Lipinski definition) is 0. The number of nitrogens with zero attached hydrogens (tertiary/aromatic N) is 4. The summed E-state index contributed by atoms with van der Waals surface area (Å²) in [7, 11) is 0. The number of rotatable bonds is 4. The van der Waals surface area contributed by atoms with Gasteiger partial charge in [-0.1, -0.05) is 12.5 Å². The van der Waals surface area contributed by atoms with Gasteiger partial charge in [0.1, 0.15) is 0 Å². The molecule has 1 aromatic rings. The van der Waals surface area contributed by atoms with Crippen molar-refractivity contribution in [2.24, 2.45) is 5.92 Å². The number of carbonyl (C=O) groups is 2. The summed E-state index contributed by atoms with van der Waals surface area (Å²) in [5, 5.41) is 0. The first-order valence-electron chi connectivity index (χ1n) is 12.1. The van der Waals surface area contributed by atoms with Crippen LogP contribution in [-0.4, -0.2) is 70.3 Å². The molecule has 5 heterocycles. The fourth-order valence-electron chi connectivity index (χ4n) is 5.97. The summed E-state index contributed by atoms with van der Waals surface area (Å²) < 4.78 is 1.99. The van der Waals surface area contributed by atoms with E-state index in [1.165, 1.54) is 12.8 Å². The lowest BCUT2D eigenvalue weighted by Gasteiger charge is -2.43. The molecule has 4 aliphatic heterocycles. The van der Waals surface area contributed by atoms with Gasteiger partial charge in [-0.3, -0.25) is 19.3 Å². The number of piperidine rings is 1.